The van der Waals surface area contributed by atoms with Crippen LogP contribution in [-0.4, -0.2) is 73.8 Å². The summed E-state index contributed by atoms with van der Waals surface area (Å²) in [4.78, 5) is 72.6. The zero-order chi connectivity index (χ0) is 30.1. The average molecular weight is 569 g/mol. The molecular formula is C27H36N8O6. The number of carbonyl (C=O) groups is 5. The molecule has 5 atom stereocenters. The van der Waals surface area contributed by atoms with E-state index in [1.54, 1.807) is 13.1 Å². The Morgan fingerprint density at radius 1 is 0.976 bits per heavy atom. The van der Waals surface area contributed by atoms with Gasteiger partial charge in [-0.1, -0.05) is 38.5 Å². The number of para-hydroxylation sites is 1. The molecule has 1 aromatic carbocycles. The summed E-state index contributed by atoms with van der Waals surface area (Å²) in [5, 5.41) is 18.5. The quantitative estimate of drug-likeness (QED) is 0.118. The maximum absolute atomic E-state index is 13.4. The van der Waals surface area contributed by atoms with Crippen LogP contribution in [0.25, 0.3) is 10.9 Å². The number of amides is 4. The van der Waals surface area contributed by atoms with Crippen molar-refractivity contribution in [1.29, 1.82) is 0 Å². The average Bonchev–Trinajstić information content (AvgIpc) is 3.59. The van der Waals surface area contributed by atoms with E-state index in [-0.39, 0.29) is 18.8 Å². The molecule has 14 nitrogen and oxygen atoms in total. The first-order valence-electron chi connectivity index (χ1n) is 13.2. The maximum atomic E-state index is 13.4. The van der Waals surface area contributed by atoms with Crippen LogP contribution in [0.5, 0.6) is 0 Å². The monoisotopic (exact) mass is 568 g/mol. The molecule has 0 fully saturated rings. The standard InChI is InChI=1S/C27H36N8O6/c1-3-14(2)23(35-24(37)18(28)10-22(29)36)26(39)33-20(9-16-12-30-13-32-16)25(38)34-21(27(40)41)8-15-11-31-19-7-5-4-6-17(15)19/h4-7,11-14,18,20-21,23,31H,3,8-10,28H2,1-2H3,(H2,29,36)(H,30,32)(H,33,39)(H,34,38)(H,35,37)(H,40,41). The first kappa shape index (κ1) is 30.8. The number of hydrogen-bond donors (Lipinski definition) is 8. The third kappa shape index (κ3) is 8.38. The summed E-state index contributed by atoms with van der Waals surface area (Å²) >= 11 is 0. The molecule has 41 heavy (non-hydrogen) atoms. The summed E-state index contributed by atoms with van der Waals surface area (Å²) in [6.45, 7) is 3.55. The number of imidazole rings is 1. The van der Waals surface area contributed by atoms with Crippen LogP contribution in [0.15, 0.2) is 43.0 Å². The topological polar surface area (TPSA) is 238 Å². The van der Waals surface area contributed by atoms with Gasteiger partial charge in [-0.15, -0.1) is 0 Å². The normalized spacial score (nSPS) is 14.8. The summed E-state index contributed by atoms with van der Waals surface area (Å²) in [6, 6.07) is 2.54. The lowest BCUT2D eigenvalue weighted by Crippen LogP contribution is -2.59. The molecule has 0 radical (unpaired) electrons. The van der Waals surface area contributed by atoms with Gasteiger partial charge in [0.05, 0.1) is 18.8 Å². The van der Waals surface area contributed by atoms with Gasteiger partial charge in [-0.2, -0.15) is 0 Å². The van der Waals surface area contributed by atoms with Crippen molar-refractivity contribution >= 4 is 40.5 Å². The minimum absolute atomic E-state index is 0.000880. The number of carbonyl (C=O) groups excluding carboxylic acids is 4. The lowest BCUT2D eigenvalue weighted by Gasteiger charge is -2.27. The fourth-order valence-corrected chi connectivity index (χ4v) is 4.35. The Balaban J connectivity index is 1.79. The highest BCUT2D eigenvalue weighted by Crippen LogP contribution is 2.19. The highest BCUT2D eigenvalue weighted by molar-refractivity contribution is 5.95. The lowest BCUT2D eigenvalue weighted by atomic mass is 9.97. The van der Waals surface area contributed by atoms with Crippen LogP contribution in [0.1, 0.15) is 37.9 Å². The van der Waals surface area contributed by atoms with Crippen LogP contribution < -0.4 is 27.4 Å². The number of benzene rings is 1. The Labute approximate surface area is 236 Å². The first-order valence-corrected chi connectivity index (χ1v) is 13.2. The number of nitrogens with one attached hydrogen (secondary N) is 5. The summed E-state index contributed by atoms with van der Waals surface area (Å²) < 4.78 is 0. The Hall–Kier alpha value is -4.72. The number of nitrogens with two attached hydrogens (primary N) is 2. The van der Waals surface area contributed by atoms with Crippen molar-refractivity contribution < 1.29 is 29.1 Å². The van der Waals surface area contributed by atoms with E-state index in [2.05, 4.69) is 30.9 Å². The summed E-state index contributed by atoms with van der Waals surface area (Å²) in [5.74, 6) is -4.55. The molecule has 0 aliphatic rings. The number of aliphatic carboxylic acids is 1. The van der Waals surface area contributed by atoms with Crippen molar-refractivity contribution in [2.24, 2.45) is 17.4 Å². The second-order valence-corrected chi connectivity index (χ2v) is 9.95. The van der Waals surface area contributed by atoms with Crippen molar-refractivity contribution in [3.05, 3.63) is 54.2 Å². The smallest absolute Gasteiger partial charge is 0.326 e. The zero-order valence-corrected chi connectivity index (χ0v) is 22.8. The SMILES string of the molecule is CCC(C)C(NC(=O)C(N)CC(N)=O)C(=O)NC(Cc1cnc[nH]1)C(=O)NC(Cc1c[nH]c2ccccc12)C(=O)O. The summed E-state index contributed by atoms with van der Waals surface area (Å²) in [5.41, 5.74) is 12.9. The number of primary amides is 1. The predicted molar refractivity (Wildman–Crippen MR) is 149 cm³/mol. The minimum atomic E-state index is -1.29. The Morgan fingerprint density at radius 2 is 1.68 bits per heavy atom. The van der Waals surface area contributed by atoms with Gasteiger partial charge in [0.25, 0.3) is 0 Å². The molecule has 2 heterocycles. The lowest BCUT2D eigenvalue weighted by molar-refractivity contribution is -0.142. The number of H-pyrrole nitrogens is 2. The van der Waals surface area contributed by atoms with Crippen molar-refractivity contribution in [3.63, 3.8) is 0 Å². The third-order valence-corrected chi connectivity index (χ3v) is 6.88. The first-order chi connectivity index (χ1) is 19.5. The van der Waals surface area contributed by atoms with Crippen LogP contribution >= 0.6 is 0 Å². The Bertz CT molecular complexity index is 1370. The second kappa shape index (κ2) is 14.1. The summed E-state index contributed by atoms with van der Waals surface area (Å²) in [6.07, 6.45) is 4.64. The number of aromatic amines is 2. The molecule has 10 N–H and O–H groups in total. The molecule has 3 rings (SSSR count). The van der Waals surface area contributed by atoms with E-state index in [9.17, 15) is 29.1 Å². The van der Waals surface area contributed by atoms with E-state index in [1.807, 2.05) is 31.2 Å². The van der Waals surface area contributed by atoms with Gasteiger partial charge in [-0.3, -0.25) is 19.2 Å². The van der Waals surface area contributed by atoms with Crippen LogP contribution in [0.3, 0.4) is 0 Å². The fraction of sp³-hybridized carbons (Fsp3) is 0.407. The molecule has 0 aliphatic heterocycles. The number of hydrogen-bond acceptors (Lipinski definition) is 7. The molecule has 0 saturated heterocycles. The molecule has 220 valence electrons. The van der Waals surface area contributed by atoms with Gasteiger partial charge < -0.3 is 42.5 Å². The van der Waals surface area contributed by atoms with E-state index in [1.165, 1.54) is 12.5 Å². The fourth-order valence-electron chi connectivity index (χ4n) is 4.35. The molecule has 0 saturated carbocycles. The zero-order valence-electron chi connectivity index (χ0n) is 22.8. The third-order valence-electron chi connectivity index (χ3n) is 6.88. The molecule has 0 aliphatic carbocycles. The molecule has 14 heteroatoms. The molecule has 3 aromatic rings. The number of aromatic nitrogens is 3. The van der Waals surface area contributed by atoms with Gasteiger partial charge in [0.2, 0.25) is 23.6 Å². The van der Waals surface area contributed by atoms with Crippen molar-refractivity contribution in [2.45, 2.75) is 63.7 Å². The number of rotatable bonds is 15. The summed E-state index contributed by atoms with van der Waals surface area (Å²) in [7, 11) is 0. The highest BCUT2D eigenvalue weighted by Gasteiger charge is 2.33. The second-order valence-electron chi connectivity index (χ2n) is 9.95. The van der Waals surface area contributed by atoms with Gasteiger partial charge in [-0.05, 0) is 17.5 Å². The van der Waals surface area contributed by atoms with Crippen molar-refractivity contribution in [2.75, 3.05) is 0 Å². The minimum Gasteiger partial charge on any atom is -0.480 e. The van der Waals surface area contributed by atoms with E-state index >= 15 is 0 Å². The van der Waals surface area contributed by atoms with Crippen LogP contribution in [0, 0.1) is 5.92 Å². The highest BCUT2D eigenvalue weighted by atomic mass is 16.4. The largest absolute Gasteiger partial charge is 0.480 e. The Morgan fingerprint density at radius 3 is 2.32 bits per heavy atom. The van der Waals surface area contributed by atoms with Crippen molar-refractivity contribution in [1.82, 2.24) is 30.9 Å². The number of fused-ring (bicyclic) bond motifs is 1. The van der Waals surface area contributed by atoms with Gasteiger partial charge in [0, 0.05) is 41.8 Å². The molecule has 4 amide bonds. The van der Waals surface area contributed by atoms with Gasteiger partial charge in [0.15, 0.2) is 0 Å². The molecule has 5 unspecified atom stereocenters. The number of carboxylic acids is 1. The van der Waals surface area contributed by atoms with Crippen molar-refractivity contribution in [3.8, 4) is 0 Å². The molecule has 0 spiro atoms. The molecule has 2 aromatic heterocycles. The van der Waals surface area contributed by atoms with Gasteiger partial charge in [0.1, 0.15) is 18.1 Å². The van der Waals surface area contributed by atoms with Gasteiger partial charge in [-0.25, -0.2) is 9.78 Å². The van der Waals surface area contributed by atoms with E-state index < -0.39 is 60.2 Å². The van der Waals surface area contributed by atoms with E-state index in [0.717, 1.165) is 10.9 Å². The van der Waals surface area contributed by atoms with Gasteiger partial charge >= 0.3 is 5.97 Å². The van der Waals surface area contributed by atoms with Crippen LogP contribution in [0.4, 0.5) is 0 Å². The van der Waals surface area contributed by atoms with Crippen LogP contribution in [-0.2, 0) is 36.8 Å². The predicted octanol–water partition coefficient (Wildman–Crippen LogP) is -0.536. The Kier molecular flexibility index (Phi) is 10.6. The van der Waals surface area contributed by atoms with Crippen LogP contribution in [0.2, 0.25) is 0 Å². The number of nitrogens with zero attached hydrogens (tertiary/aromatic N) is 1. The maximum Gasteiger partial charge on any atom is 0.326 e. The molecule has 0 bridgehead atoms. The van der Waals surface area contributed by atoms with E-state index in [0.29, 0.717) is 17.7 Å². The number of carboxylic acid groups (broad SMARTS) is 1. The van der Waals surface area contributed by atoms with E-state index in [4.69, 9.17) is 11.5 Å². The molecular weight excluding hydrogens is 532 g/mol.